The first-order chi connectivity index (χ1) is 21.3. The molecule has 3 nitrogen and oxygen atoms in total. The second kappa shape index (κ2) is 8.46. The van der Waals surface area contributed by atoms with E-state index in [9.17, 15) is 4.79 Å². The molecule has 3 heteroatoms. The summed E-state index contributed by atoms with van der Waals surface area (Å²) in [7, 11) is 0. The van der Waals surface area contributed by atoms with Gasteiger partial charge in [0.25, 0.3) is 0 Å². The molecule has 6 atom stereocenters. The number of rotatable bonds is 4. The van der Waals surface area contributed by atoms with Crippen molar-refractivity contribution in [2.75, 3.05) is 0 Å². The summed E-state index contributed by atoms with van der Waals surface area (Å²) in [6, 6.07) is 0. The van der Waals surface area contributed by atoms with Gasteiger partial charge in [0.15, 0.2) is 0 Å². The van der Waals surface area contributed by atoms with Gasteiger partial charge in [-0.25, -0.2) is 4.79 Å². The Labute approximate surface area is 266 Å². The lowest BCUT2D eigenvalue weighted by Crippen LogP contribution is -2.68. The van der Waals surface area contributed by atoms with E-state index in [0.717, 1.165) is 71.0 Å². The van der Waals surface area contributed by atoms with Gasteiger partial charge >= 0.3 is 6.16 Å². The first kappa shape index (κ1) is 26.3. The predicted molar refractivity (Wildman–Crippen MR) is 168 cm³/mol. The number of carbonyl (C=O) groups is 1. The van der Waals surface area contributed by atoms with Gasteiger partial charge in [-0.3, -0.25) is 0 Å². The quantitative estimate of drug-likeness (QED) is 0.302. The molecule has 6 unspecified atom stereocenters. The topological polar surface area (TPSA) is 35.5 Å². The van der Waals surface area contributed by atoms with Crippen molar-refractivity contribution in [3.63, 3.8) is 0 Å². The number of hydrogen-bond acceptors (Lipinski definition) is 3. The summed E-state index contributed by atoms with van der Waals surface area (Å²) in [5.41, 5.74) is 0.511. The van der Waals surface area contributed by atoms with E-state index in [4.69, 9.17) is 9.47 Å². The minimum atomic E-state index is -0.212. The van der Waals surface area contributed by atoms with Gasteiger partial charge < -0.3 is 9.47 Å². The van der Waals surface area contributed by atoms with E-state index < -0.39 is 0 Å². The lowest BCUT2D eigenvalue weighted by molar-refractivity contribution is -0.269. The molecule has 240 valence electrons. The Hall–Kier alpha value is -0.730. The molecule has 16 fully saturated rings. The molecule has 16 bridgehead atoms. The van der Waals surface area contributed by atoms with Gasteiger partial charge in [0.1, 0.15) is 11.2 Å². The van der Waals surface area contributed by atoms with Crippen LogP contribution in [0.3, 0.4) is 0 Å². The molecule has 16 aliphatic rings. The Kier molecular flexibility index (Phi) is 5.04. The summed E-state index contributed by atoms with van der Waals surface area (Å²) in [5.74, 6) is 11.9. The molecular formula is C41H58O3. The van der Waals surface area contributed by atoms with E-state index in [1.807, 2.05) is 0 Å². The highest BCUT2D eigenvalue weighted by molar-refractivity contribution is 5.62. The molecule has 0 aliphatic heterocycles. The van der Waals surface area contributed by atoms with Crippen molar-refractivity contribution in [2.45, 2.75) is 152 Å². The van der Waals surface area contributed by atoms with Crippen molar-refractivity contribution in [1.29, 1.82) is 0 Å². The average molecular weight is 599 g/mol. The molecule has 0 amide bonds. The second-order valence-electron chi connectivity index (χ2n) is 21.3. The Morgan fingerprint density at radius 3 is 0.886 bits per heavy atom. The molecule has 0 saturated heterocycles. The van der Waals surface area contributed by atoms with Crippen LogP contribution in [0.4, 0.5) is 4.79 Å². The predicted octanol–water partition coefficient (Wildman–Crippen LogP) is 9.96. The minimum Gasteiger partial charge on any atom is -0.427 e. The summed E-state index contributed by atoms with van der Waals surface area (Å²) in [4.78, 5) is 14.7. The Morgan fingerprint density at radius 2 is 0.614 bits per heavy atom. The lowest BCUT2D eigenvalue weighted by atomic mass is 9.37. The SMILES string of the molecule is O=C(OC12CC3CC(CC(C3)C1C13CC4CC(CC(C4)C1)C3)C2)OC12CC3CC(CC(C3)C1C13CC4CC(CC(C4)C1)C3)C2. The van der Waals surface area contributed by atoms with Gasteiger partial charge in [0.2, 0.25) is 0 Å². The monoisotopic (exact) mass is 598 g/mol. The molecule has 0 spiro atoms. The van der Waals surface area contributed by atoms with Crippen LogP contribution in [-0.4, -0.2) is 17.4 Å². The fourth-order valence-electron chi connectivity index (χ4n) is 19.8. The zero-order valence-electron chi connectivity index (χ0n) is 27.4. The highest BCUT2D eigenvalue weighted by Gasteiger charge is 2.70. The van der Waals surface area contributed by atoms with Gasteiger partial charge in [0.05, 0.1) is 0 Å². The van der Waals surface area contributed by atoms with E-state index in [1.54, 1.807) is 0 Å². The van der Waals surface area contributed by atoms with Crippen molar-refractivity contribution in [3.05, 3.63) is 0 Å². The van der Waals surface area contributed by atoms with Crippen LogP contribution in [0.25, 0.3) is 0 Å². The van der Waals surface area contributed by atoms with Gasteiger partial charge in [-0.05, 0) is 223 Å². The molecule has 0 radical (unpaired) electrons. The van der Waals surface area contributed by atoms with Crippen LogP contribution in [0.5, 0.6) is 0 Å². The largest absolute Gasteiger partial charge is 0.509 e. The van der Waals surface area contributed by atoms with Crippen molar-refractivity contribution >= 4 is 6.16 Å². The highest BCUT2D eigenvalue weighted by atomic mass is 16.7. The van der Waals surface area contributed by atoms with Crippen LogP contribution in [0.2, 0.25) is 0 Å². The molecule has 0 N–H and O–H groups in total. The first-order valence-electron chi connectivity index (χ1n) is 20.3. The fourth-order valence-corrected chi connectivity index (χ4v) is 19.8. The Balaban J connectivity index is 0.891. The first-order valence-corrected chi connectivity index (χ1v) is 20.3. The Bertz CT molecular complexity index is 1070. The molecule has 0 aromatic rings. The molecular weight excluding hydrogens is 540 g/mol. The zero-order valence-corrected chi connectivity index (χ0v) is 27.4. The van der Waals surface area contributed by atoms with E-state index >= 15 is 0 Å². The zero-order chi connectivity index (χ0) is 28.6. The highest BCUT2D eigenvalue weighted by Crippen LogP contribution is 2.74. The van der Waals surface area contributed by atoms with Crippen LogP contribution < -0.4 is 0 Å². The van der Waals surface area contributed by atoms with Gasteiger partial charge in [0, 0.05) is 11.8 Å². The van der Waals surface area contributed by atoms with Crippen molar-refractivity contribution in [1.82, 2.24) is 0 Å². The molecule has 16 saturated carbocycles. The lowest BCUT2D eigenvalue weighted by Gasteiger charge is -2.70. The molecule has 16 rings (SSSR count). The summed E-state index contributed by atoms with van der Waals surface area (Å²) in [5, 5.41) is 0. The van der Waals surface area contributed by atoms with Crippen molar-refractivity contribution in [3.8, 4) is 0 Å². The molecule has 0 aromatic heterocycles. The maximum atomic E-state index is 14.7. The third-order valence-corrected chi connectivity index (χ3v) is 18.6. The van der Waals surface area contributed by atoms with Crippen LogP contribution in [0.1, 0.15) is 141 Å². The third kappa shape index (κ3) is 3.45. The number of hydrogen-bond donors (Lipinski definition) is 0. The number of carbonyl (C=O) groups excluding carboxylic acids is 1. The second-order valence-corrected chi connectivity index (χ2v) is 21.3. The fraction of sp³-hybridized carbons (Fsp3) is 0.976. The van der Waals surface area contributed by atoms with Gasteiger partial charge in [-0.2, -0.15) is 0 Å². The van der Waals surface area contributed by atoms with Gasteiger partial charge in [-0.1, -0.05) is 0 Å². The smallest absolute Gasteiger partial charge is 0.427 e. The Morgan fingerprint density at radius 1 is 0.364 bits per heavy atom. The molecule has 0 aromatic carbocycles. The normalized spacial score (nSPS) is 64.6. The minimum absolute atomic E-state index is 0.182. The number of ether oxygens (including phenoxy) is 2. The molecule has 16 aliphatic carbocycles. The summed E-state index contributed by atoms with van der Waals surface area (Å²) in [6.07, 6.45) is 30.9. The van der Waals surface area contributed by atoms with Crippen molar-refractivity contribution < 1.29 is 14.3 Å². The van der Waals surface area contributed by atoms with Gasteiger partial charge in [-0.15, -0.1) is 0 Å². The van der Waals surface area contributed by atoms with Crippen LogP contribution in [-0.2, 0) is 9.47 Å². The van der Waals surface area contributed by atoms with E-state index in [2.05, 4.69) is 0 Å². The van der Waals surface area contributed by atoms with E-state index in [1.165, 1.54) is 141 Å². The summed E-state index contributed by atoms with van der Waals surface area (Å²) in [6.45, 7) is 0. The molecule has 44 heavy (non-hydrogen) atoms. The van der Waals surface area contributed by atoms with Crippen LogP contribution in [0, 0.1) is 93.7 Å². The standard InChI is InChI=1S/C41H58O3/c42-37(43-40-19-29-7-30(20-40)10-33(9-29)35(40)38-13-23-1-24(14-38)3-25(2-23)15-38)44-41-21-31-8-32(22-41)12-34(11-31)36(41)39-16-26-4-27(17-39)6-28(5-26)18-39/h23-36H,1-22H2. The van der Waals surface area contributed by atoms with E-state index in [-0.39, 0.29) is 17.4 Å². The average Bonchev–Trinajstić information content (AvgIpc) is 2.89. The summed E-state index contributed by atoms with van der Waals surface area (Å²) >= 11 is 0. The maximum Gasteiger partial charge on any atom is 0.509 e. The van der Waals surface area contributed by atoms with Crippen LogP contribution >= 0.6 is 0 Å². The van der Waals surface area contributed by atoms with Crippen molar-refractivity contribution in [2.24, 2.45) is 93.7 Å². The van der Waals surface area contributed by atoms with Crippen LogP contribution in [0.15, 0.2) is 0 Å². The maximum absolute atomic E-state index is 14.7. The molecule has 0 heterocycles. The van der Waals surface area contributed by atoms with E-state index in [0.29, 0.717) is 22.7 Å². The third-order valence-electron chi connectivity index (χ3n) is 18.6. The summed E-state index contributed by atoms with van der Waals surface area (Å²) < 4.78 is 14.4.